The smallest absolute Gasteiger partial charge is 0.151 e. The zero-order valence-corrected chi connectivity index (χ0v) is 8.21. The van der Waals surface area contributed by atoms with E-state index in [1.165, 1.54) is 6.92 Å². The SMILES string of the molecule is CC(=O)C(N)c1cncc(Br)c1. The third-order valence-corrected chi connectivity index (χ3v) is 1.96. The number of rotatable bonds is 2. The topological polar surface area (TPSA) is 56.0 Å². The van der Waals surface area contributed by atoms with Gasteiger partial charge in [-0.15, -0.1) is 0 Å². The molecule has 1 aromatic rings. The van der Waals surface area contributed by atoms with Crippen LogP contribution in [0.5, 0.6) is 0 Å². The summed E-state index contributed by atoms with van der Waals surface area (Å²) in [5.74, 6) is -0.0603. The molecule has 3 nitrogen and oxygen atoms in total. The van der Waals surface area contributed by atoms with E-state index < -0.39 is 6.04 Å². The molecule has 1 unspecified atom stereocenters. The van der Waals surface area contributed by atoms with Gasteiger partial charge in [0.1, 0.15) is 0 Å². The molecule has 0 fully saturated rings. The molecule has 4 heteroatoms. The summed E-state index contributed by atoms with van der Waals surface area (Å²) in [5, 5.41) is 0. The molecule has 1 atom stereocenters. The zero-order valence-electron chi connectivity index (χ0n) is 6.62. The maximum Gasteiger partial charge on any atom is 0.151 e. The van der Waals surface area contributed by atoms with Crippen molar-refractivity contribution in [2.75, 3.05) is 0 Å². The fraction of sp³-hybridized carbons (Fsp3) is 0.250. The van der Waals surface area contributed by atoms with Crippen LogP contribution in [-0.2, 0) is 4.79 Å². The Morgan fingerprint density at radius 3 is 2.83 bits per heavy atom. The van der Waals surface area contributed by atoms with E-state index in [-0.39, 0.29) is 5.78 Å². The molecule has 0 aliphatic rings. The van der Waals surface area contributed by atoms with Crippen LogP contribution in [0.1, 0.15) is 18.5 Å². The molecular formula is C8H9BrN2O. The Labute approximate surface area is 79.1 Å². The molecular weight excluding hydrogens is 220 g/mol. The van der Waals surface area contributed by atoms with Gasteiger partial charge in [-0.2, -0.15) is 0 Å². The summed E-state index contributed by atoms with van der Waals surface area (Å²) < 4.78 is 0.830. The van der Waals surface area contributed by atoms with Crippen LogP contribution in [-0.4, -0.2) is 10.8 Å². The van der Waals surface area contributed by atoms with Crippen molar-refractivity contribution in [2.24, 2.45) is 5.73 Å². The van der Waals surface area contributed by atoms with Crippen LogP contribution in [0.4, 0.5) is 0 Å². The van der Waals surface area contributed by atoms with Crippen molar-refractivity contribution >= 4 is 21.7 Å². The number of hydrogen-bond donors (Lipinski definition) is 1. The molecule has 0 saturated carbocycles. The zero-order chi connectivity index (χ0) is 9.14. The molecule has 1 rings (SSSR count). The Morgan fingerprint density at radius 2 is 2.33 bits per heavy atom. The van der Waals surface area contributed by atoms with E-state index in [1.807, 2.05) is 0 Å². The van der Waals surface area contributed by atoms with Gasteiger partial charge in [-0.1, -0.05) is 0 Å². The van der Waals surface area contributed by atoms with Gasteiger partial charge in [-0.25, -0.2) is 0 Å². The van der Waals surface area contributed by atoms with Gasteiger partial charge in [0.05, 0.1) is 6.04 Å². The molecule has 0 amide bonds. The van der Waals surface area contributed by atoms with E-state index in [4.69, 9.17) is 5.73 Å². The summed E-state index contributed by atoms with van der Waals surface area (Å²) in [5.41, 5.74) is 6.33. The number of ketones is 1. The molecule has 12 heavy (non-hydrogen) atoms. The lowest BCUT2D eigenvalue weighted by molar-refractivity contribution is -0.118. The minimum absolute atomic E-state index is 0.0603. The average Bonchev–Trinajstić information content (AvgIpc) is 2.03. The van der Waals surface area contributed by atoms with Gasteiger partial charge >= 0.3 is 0 Å². The summed E-state index contributed by atoms with van der Waals surface area (Å²) in [6.45, 7) is 1.46. The molecule has 1 aromatic heterocycles. The molecule has 0 aliphatic carbocycles. The van der Waals surface area contributed by atoms with Crippen molar-refractivity contribution in [3.8, 4) is 0 Å². The maximum absolute atomic E-state index is 10.9. The molecule has 0 aromatic carbocycles. The molecule has 0 bridgehead atoms. The van der Waals surface area contributed by atoms with E-state index in [0.29, 0.717) is 0 Å². The van der Waals surface area contributed by atoms with Crippen LogP contribution in [0, 0.1) is 0 Å². The number of carbonyl (C=O) groups is 1. The fourth-order valence-corrected chi connectivity index (χ4v) is 1.22. The van der Waals surface area contributed by atoms with Gasteiger partial charge in [-0.3, -0.25) is 9.78 Å². The first kappa shape index (κ1) is 9.35. The monoisotopic (exact) mass is 228 g/mol. The van der Waals surface area contributed by atoms with E-state index in [1.54, 1.807) is 18.5 Å². The highest BCUT2D eigenvalue weighted by Gasteiger charge is 2.10. The second kappa shape index (κ2) is 3.78. The summed E-state index contributed by atoms with van der Waals surface area (Å²) in [6, 6.07) is 1.23. The first-order valence-corrected chi connectivity index (χ1v) is 4.27. The van der Waals surface area contributed by atoms with E-state index in [2.05, 4.69) is 20.9 Å². The summed E-state index contributed by atoms with van der Waals surface area (Å²) in [7, 11) is 0. The Morgan fingerprint density at radius 1 is 1.67 bits per heavy atom. The van der Waals surface area contributed by atoms with Crippen molar-refractivity contribution in [3.05, 3.63) is 28.5 Å². The third kappa shape index (κ3) is 2.12. The normalized spacial score (nSPS) is 12.6. The number of nitrogens with two attached hydrogens (primary N) is 1. The number of halogens is 1. The van der Waals surface area contributed by atoms with Gasteiger partial charge in [-0.05, 0) is 34.5 Å². The van der Waals surface area contributed by atoms with Crippen molar-refractivity contribution in [1.29, 1.82) is 0 Å². The number of nitrogens with zero attached hydrogens (tertiary/aromatic N) is 1. The largest absolute Gasteiger partial charge is 0.318 e. The first-order valence-electron chi connectivity index (χ1n) is 3.47. The van der Waals surface area contributed by atoms with Crippen LogP contribution in [0.3, 0.4) is 0 Å². The van der Waals surface area contributed by atoms with Crippen LogP contribution in [0.2, 0.25) is 0 Å². The minimum Gasteiger partial charge on any atom is -0.318 e. The molecule has 0 aliphatic heterocycles. The van der Waals surface area contributed by atoms with Crippen LogP contribution in [0.15, 0.2) is 22.9 Å². The quantitative estimate of drug-likeness (QED) is 0.834. The summed E-state index contributed by atoms with van der Waals surface area (Å²) >= 11 is 3.25. The highest BCUT2D eigenvalue weighted by molar-refractivity contribution is 9.10. The predicted molar refractivity (Wildman–Crippen MR) is 49.5 cm³/mol. The van der Waals surface area contributed by atoms with Gasteiger partial charge in [0.25, 0.3) is 0 Å². The van der Waals surface area contributed by atoms with E-state index >= 15 is 0 Å². The Hall–Kier alpha value is -0.740. The minimum atomic E-state index is -0.560. The highest BCUT2D eigenvalue weighted by atomic mass is 79.9. The molecule has 0 spiro atoms. The second-order valence-electron chi connectivity index (χ2n) is 2.52. The standard InChI is InChI=1S/C8H9BrN2O/c1-5(12)8(10)6-2-7(9)4-11-3-6/h2-4,8H,10H2,1H3. The first-order chi connectivity index (χ1) is 5.61. The van der Waals surface area contributed by atoms with Crippen molar-refractivity contribution in [2.45, 2.75) is 13.0 Å². The summed E-state index contributed by atoms with van der Waals surface area (Å²) in [4.78, 5) is 14.8. The summed E-state index contributed by atoms with van der Waals surface area (Å²) in [6.07, 6.45) is 3.24. The molecule has 0 saturated heterocycles. The fourth-order valence-electron chi connectivity index (χ4n) is 0.833. The van der Waals surface area contributed by atoms with Gasteiger partial charge < -0.3 is 5.73 Å². The number of hydrogen-bond acceptors (Lipinski definition) is 3. The average molecular weight is 229 g/mol. The second-order valence-corrected chi connectivity index (χ2v) is 3.44. The van der Waals surface area contributed by atoms with Gasteiger partial charge in [0.2, 0.25) is 0 Å². The van der Waals surface area contributed by atoms with E-state index in [9.17, 15) is 4.79 Å². The van der Waals surface area contributed by atoms with Crippen molar-refractivity contribution in [3.63, 3.8) is 0 Å². The lowest BCUT2D eigenvalue weighted by atomic mass is 10.1. The lowest BCUT2D eigenvalue weighted by Crippen LogP contribution is -2.18. The number of carbonyl (C=O) groups excluding carboxylic acids is 1. The van der Waals surface area contributed by atoms with Gasteiger partial charge in [0, 0.05) is 16.9 Å². The third-order valence-electron chi connectivity index (χ3n) is 1.52. The van der Waals surface area contributed by atoms with Crippen LogP contribution < -0.4 is 5.73 Å². The van der Waals surface area contributed by atoms with Crippen LogP contribution in [0.25, 0.3) is 0 Å². The molecule has 0 radical (unpaired) electrons. The predicted octanol–water partition coefficient (Wildman–Crippen LogP) is 1.43. The maximum atomic E-state index is 10.9. The van der Waals surface area contributed by atoms with Crippen molar-refractivity contribution in [1.82, 2.24) is 4.98 Å². The number of aromatic nitrogens is 1. The number of Topliss-reactive ketones (excluding diaryl/α,β-unsaturated/α-hetero) is 1. The van der Waals surface area contributed by atoms with Gasteiger partial charge in [0.15, 0.2) is 5.78 Å². The van der Waals surface area contributed by atoms with Crippen molar-refractivity contribution < 1.29 is 4.79 Å². The Bertz CT molecular complexity index is 301. The molecule has 64 valence electrons. The highest BCUT2D eigenvalue weighted by Crippen LogP contribution is 2.15. The number of pyridine rings is 1. The Kier molecular flexibility index (Phi) is 2.94. The molecule has 1 heterocycles. The molecule has 2 N–H and O–H groups in total. The van der Waals surface area contributed by atoms with E-state index in [0.717, 1.165) is 10.0 Å². The van der Waals surface area contributed by atoms with Crippen LogP contribution >= 0.6 is 15.9 Å². The Balaban J connectivity index is 2.95. The lowest BCUT2D eigenvalue weighted by Gasteiger charge is -2.06.